The second-order valence-electron chi connectivity index (χ2n) is 3.70. The molecule has 2 nitrogen and oxygen atoms in total. The minimum Gasteiger partial charge on any atom is -0.337 e. The van der Waals surface area contributed by atoms with Crippen molar-refractivity contribution in [3.63, 3.8) is 0 Å². The summed E-state index contributed by atoms with van der Waals surface area (Å²) in [7, 11) is -0.289. The molecule has 1 aliphatic rings. The molecule has 0 bridgehead atoms. The van der Waals surface area contributed by atoms with Crippen LogP contribution in [0.2, 0.25) is 0 Å². The quantitative estimate of drug-likeness (QED) is 0.653. The van der Waals surface area contributed by atoms with Crippen LogP contribution in [0.5, 0.6) is 0 Å². The van der Waals surface area contributed by atoms with E-state index in [2.05, 4.69) is 32.1 Å². The molecule has 0 N–H and O–H groups in total. The third-order valence-corrected chi connectivity index (χ3v) is 3.72. The maximum atomic E-state index is 5.80. The van der Waals surface area contributed by atoms with Gasteiger partial charge in [-0.3, -0.25) is 4.67 Å². The summed E-state index contributed by atoms with van der Waals surface area (Å²) >= 11 is 0. The molecule has 1 atom stereocenters. The van der Waals surface area contributed by atoms with Crippen LogP contribution in [-0.2, 0) is 4.52 Å². The largest absolute Gasteiger partial charge is 0.337 e. The highest BCUT2D eigenvalue weighted by Gasteiger charge is 2.35. The van der Waals surface area contributed by atoms with Crippen molar-refractivity contribution in [1.82, 2.24) is 4.67 Å². The van der Waals surface area contributed by atoms with E-state index >= 15 is 0 Å². The number of rotatable bonds is 2. The fourth-order valence-corrected chi connectivity index (χ4v) is 3.37. The monoisotopic (exact) mass is 235 g/mol. The second kappa shape index (κ2) is 9.57. The Labute approximate surface area is 98.3 Å². The molecule has 0 spiro atoms. The van der Waals surface area contributed by atoms with Gasteiger partial charge in [-0.1, -0.05) is 34.6 Å². The first-order chi connectivity index (χ1) is 7.05. The van der Waals surface area contributed by atoms with Crippen molar-refractivity contribution in [3.05, 3.63) is 0 Å². The molecule has 15 heavy (non-hydrogen) atoms. The van der Waals surface area contributed by atoms with Gasteiger partial charge in [0.25, 0.3) is 0 Å². The highest BCUT2D eigenvalue weighted by atomic mass is 31.2. The lowest BCUT2D eigenvalue weighted by Gasteiger charge is -2.16. The summed E-state index contributed by atoms with van der Waals surface area (Å²) < 4.78 is 8.26. The molecule has 0 aromatic rings. The third kappa shape index (κ3) is 7.27. The Bertz CT molecular complexity index is 140. The van der Waals surface area contributed by atoms with Crippen molar-refractivity contribution in [2.24, 2.45) is 0 Å². The Morgan fingerprint density at radius 1 is 1.20 bits per heavy atom. The van der Waals surface area contributed by atoms with Crippen LogP contribution in [-0.4, -0.2) is 30.0 Å². The van der Waals surface area contributed by atoms with Gasteiger partial charge in [0.1, 0.15) is 8.30 Å². The summed E-state index contributed by atoms with van der Waals surface area (Å²) in [6.07, 6.45) is 1.23. The van der Waals surface area contributed by atoms with E-state index in [-0.39, 0.29) is 13.9 Å². The summed E-state index contributed by atoms with van der Waals surface area (Å²) in [4.78, 5) is 0. The molecule has 1 saturated heterocycles. The normalized spacial score (nSPS) is 23.6. The van der Waals surface area contributed by atoms with Crippen LogP contribution in [0.15, 0.2) is 0 Å². The van der Waals surface area contributed by atoms with Crippen molar-refractivity contribution in [2.45, 2.75) is 60.5 Å². The average Bonchev–Trinajstić information content (AvgIpc) is 2.47. The first-order valence-electron chi connectivity index (χ1n) is 6.23. The van der Waals surface area contributed by atoms with Gasteiger partial charge in [0, 0.05) is 13.1 Å². The molecular formula is C12H30NOP. The van der Waals surface area contributed by atoms with Gasteiger partial charge in [-0.2, -0.15) is 0 Å². The molecule has 0 aliphatic carbocycles. The Kier molecular flexibility index (Phi) is 11.3. The number of hydrogen-bond donors (Lipinski definition) is 0. The number of nitrogens with zero attached hydrogens (tertiary/aromatic N) is 1. The molecule has 0 aromatic carbocycles. The molecule has 1 aliphatic heterocycles. The Morgan fingerprint density at radius 3 is 1.93 bits per heavy atom. The van der Waals surface area contributed by atoms with Crippen LogP contribution in [0.1, 0.15) is 54.9 Å². The van der Waals surface area contributed by atoms with E-state index in [9.17, 15) is 0 Å². The lowest BCUT2D eigenvalue weighted by molar-refractivity contribution is 0.154. The van der Waals surface area contributed by atoms with Gasteiger partial charge in [0.15, 0.2) is 0 Å². The molecule has 1 heterocycles. The topological polar surface area (TPSA) is 12.5 Å². The molecule has 0 saturated carbocycles. The van der Waals surface area contributed by atoms with Crippen LogP contribution >= 0.6 is 8.30 Å². The fourth-order valence-electron chi connectivity index (χ4n) is 1.46. The lowest BCUT2D eigenvalue weighted by atomic mass is 10.1. The van der Waals surface area contributed by atoms with Crippen LogP contribution < -0.4 is 0 Å². The van der Waals surface area contributed by atoms with E-state index in [0.29, 0.717) is 0 Å². The molecular weight excluding hydrogens is 205 g/mol. The molecule has 1 unspecified atom stereocenters. The van der Waals surface area contributed by atoms with Crippen molar-refractivity contribution in [3.8, 4) is 0 Å². The van der Waals surface area contributed by atoms with Crippen LogP contribution in [0.3, 0.4) is 0 Å². The fraction of sp³-hybridized carbons (Fsp3) is 1.00. The first-order valence-corrected chi connectivity index (χ1v) is 7.89. The van der Waals surface area contributed by atoms with E-state index in [0.717, 1.165) is 6.54 Å². The average molecular weight is 235 g/mol. The third-order valence-electron chi connectivity index (χ3n) is 1.82. The molecule has 1 rings (SSSR count). The van der Waals surface area contributed by atoms with Gasteiger partial charge in [-0.25, -0.2) is 0 Å². The lowest BCUT2D eigenvalue weighted by Crippen LogP contribution is -2.27. The zero-order valence-corrected chi connectivity index (χ0v) is 12.8. The van der Waals surface area contributed by atoms with Gasteiger partial charge >= 0.3 is 0 Å². The van der Waals surface area contributed by atoms with Gasteiger partial charge in [-0.05, 0) is 26.9 Å². The van der Waals surface area contributed by atoms with E-state index < -0.39 is 0 Å². The zero-order chi connectivity index (χ0) is 12.5. The summed E-state index contributed by atoms with van der Waals surface area (Å²) in [5, 5.41) is 0. The van der Waals surface area contributed by atoms with Gasteiger partial charge in [0.05, 0.1) is 5.60 Å². The Morgan fingerprint density at radius 2 is 1.67 bits per heavy atom. The molecule has 1 fully saturated rings. The SMILES string of the molecule is CC.CC.CCCN1CC(C)(C)OP1C. The molecule has 0 aromatic heterocycles. The minimum atomic E-state index is -0.289. The van der Waals surface area contributed by atoms with Gasteiger partial charge < -0.3 is 4.52 Å². The van der Waals surface area contributed by atoms with Gasteiger partial charge in [-0.15, -0.1) is 0 Å². The van der Waals surface area contributed by atoms with Gasteiger partial charge in [0.2, 0.25) is 0 Å². The summed E-state index contributed by atoms with van der Waals surface area (Å²) in [6, 6.07) is 0. The van der Waals surface area contributed by atoms with E-state index in [1.807, 2.05) is 27.7 Å². The van der Waals surface area contributed by atoms with Crippen LogP contribution in [0.4, 0.5) is 0 Å². The predicted octanol–water partition coefficient (Wildman–Crippen LogP) is 4.50. The highest BCUT2D eigenvalue weighted by molar-refractivity contribution is 7.49. The molecule has 0 amide bonds. The van der Waals surface area contributed by atoms with Crippen molar-refractivity contribution in [1.29, 1.82) is 0 Å². The summed E-state index contributed by atoms with van der Waals surface area (Å²) in [6.45, 7) is 19.0. The summed E-state index contributed by atoms with van der Waals surface area (Å²) in [5.74, 6) is 0. The first kappa shape index (κ1) is 17.7. The van der Waals surface area contributed by atoms with E-state index in [1.54, 1.807) is 0 Å². The Balaban J connectivity index is 0. The van der Waals surface area contributed by atoms with Crippen molar-refractivity contribution in [2.75, 3.05) is 19.8 Å². The van der Waals surface area contributed by atoms with E-state index in [1.165, 1.54) is 13.0 Å². The predicted molar refractivity (Wildman–Crippen MR) is 72.6 cm³/mol. The molecule has 3 heteroatoms. The standard InChI is InChI=1S/C8H18NOP.2C2H6/c1-5-6-9-7-8(2,3)10-11(9)4;2*1-2/h5-7H2,1-4H3;2*1-2H3. The number of hydrogen-bond acceptors (Lipinski definition) is 2. The van der Waals surface area contributed by atoms with Crippen molar-refractivity contribution >= 4 is 8.30 Å². The molecule has 94 valence electrons. The van der Waals surface area contributed by atoms with Crippen molar-refractivity contribution < 1.29 is 4.52 Å². The second-order valence-corrected chi connectivity index (χ2v) is 5.38. The Hall–Kier alpha value is 0.350. The van der Waals surface area contributed by atoms with E-state index in [4.69, 9.17) is 4.52 Å². The smallest absolute Gasteiger partial charge is 0.102 e. The van der Waals surface area contributed by atoms with Crippen LogP contribution in [0.25, 0.3) is 0 Å². The van der Waals surface area contributed by atoms with Crippen LogP contribution in [0, 0.1) is 0 Å². The maximum absolute atomic E-state index is 5.80. The minimum absolute atomic E-state index is 0.0929. The zero-order valence-electron chi connectivity index (χ0n) is 11.9. The maximum Gasteiger partial charge on any atom is 0.102 e. The highest BCUT2D eigenvalue weighted by Crippen LogP contribution is 2.48. The molecule has 0 radical (unpaired) electrons. The summed E-state index contributed by atoms with van der Waals surface area (Å²) in [5.41, 5.74) is 0.0929.